The fraction of sp³-hybridized carbons (Fsp3) is 0.364. The van der Waals surface area contributed by atoms with Gasteiger partial charge in [-0.1, -0.05) is 17.7 Å². The summed E-state index contributed by atoms with van der Waals surface area (Å²) in [5.41, 5.74) is 1.14. The number of amides is 1. The van der Waals surface area contributed by atoms with Crippen LogP contribution in [0.5, 0.6) is 0 Å². The highest BCUT2D eigenvalue weighted by Gasteiger charge is 2.26. The summed E-state index contributed by atoms with van der Waals surface area (Å²) in [6.07, 6.45) is -0.0144. The number of alkyl carbamates (subject to hydrolysis) is 1. The molecule has 1 fully saturated rings. The molecule has 1 aromatic carbocycles. The molecule has 1 amide bonds. The number of hydrogen-bond acceptors (Lipinski definition) is 2. The maximum absolute atomic E-state index is 13.7. The molecule has 2 rings (SSSR count). The Bertz CT molecular complexity index is 440. The lowest BCUT2D eigenvalue weighted by atomic mass is 10.0. The first kappa shape index (κ1) is 14.1. The van der Waals surface area contributed by atoms with Crippen LogP contribution in [0.1, 0.15) is 23.6 Å². The minimum absolute atomic E-state index is 0. The van der Waals surface area contributed by atoms with Crippen molar-refractivity contribution in [2.24, 2.45) is 0 Å². The van der Waals surface area contributed by atoms with Gasteiger partial charge >= 0.3 is 6.09 Å². The van der Waals surface area contributed by atoms with Crippen LogP contribution in [0.4, 0.5) is 9.18 Å². The van der Waals surface area contributed by atoms with Crippen molar-refractivity contribution in [1.29, 1.82) is 0 Å². The number of ether oxygens (including phenoxy) is 1. The molecular weight excluding hydrogens is 268 g/mol. The molecule has 0 aliphatic carbocycles. The van der Waals surface area contributed by atoms with Crippen molar-refractivity contribution in [3.05, 3.63) is 34.1 Å². The van der Waals surface area contributed by atoms with Crippen molar-refractivity contribution >= 4 is 30.1 Å². The van der Waals surface area contributed by atoms with Gasteiger partial charge in [0.1, 0.15) is 5.82 Å². The largest absolute Gasteiger partial charge is 0.449 e. The lowest BCUT2D eigenvalue weighted by molar-refractivity contribution is 0.115. The zero-order valence-electron chi connectivity index (χ0n) is 9.13. The number of aryl methyl sites for hydroxylation is 1. The van der Waals surface area contributed by atoms with Crippen molar-refractivity contribution in [1.82, 2.24) is 5.32 Å². The first-order chi connectivity index (χ1) is 7.59. The van der Waals surface area contributed by atoms with Gasteiger partial charge in [0.15, 0.2) is 0 Å². The van der Waals surface area contributed by atoms with Crippen molar-refractivity contribution < 1.29 is 13.9 Å². The summed E-state index contributed by atoms with van der Waals surface area (Å²) < 4.78 is 18.4. The molecule has 0 aromatic heterocycles. The number of nitrogens with one attached hydrogen (secondary N) is 1. The predicted octanol–water partition coefficient (Wildman–Crippen LogP) is 3.38. The molecule has 1 aliphatic rings. The lowest BCUT2D eigenvalue weighted by Crippen LogP contribution is -2.36. The van der Waals surface area contributed by atoms with Gasteiger partial charge in [-0.15, -0.1) is 12.4 Å². The first-order valence-electron chi connectivity index (χ1n) is 4.97. The molecule has 1 aromatic rings. The molecule has 0 radical (unpaired) electrons. The molecule has 1 saturated heterocycles. The van der Waals surface area contributed by atoms with Crippen molar-refractivity contribution in [3.8, 4) is 0 Å². The summed E-state index contributed by atoms with van der Waals surface area (Å²) in [6, 6.07) is 2.56. The van der Waals surface area contributed by atoms with E-state index < -0.39 is 18.0 Å². The standard InChI is InChI=1S/C11H11ClFNO2.ClH/c1-6-2-3-7(13)9(10(6)12)8-4-5-16-11(15)14-8;/h2-3,8H,4-5H2,1H3,(H,14,15);1H/t8-;/m1./s1. The number of hydrogen-bond donors (Lipinski definition) is 1. The van der Waals surface area contributed by atoms with Crippen molar-refractivity contribution in [2.45, 2.75) is 19.4 Å². The Kier molecular flexibility index (Phi) is 4.60. The quantitative estimate of drug-likeness (QED) is 0.856. The Balaban J connectivity index is 0.00000144. The Hall–Kier alpha value is -1.00. The zero-order chi connectivity index (χ0) is 11.7. The molecule has 1 aliphatic heterocycles. The van der Waals surface area contributed by atoms with Crippen LogP contribution in [0.3, 0.4) is 0 Å². The van der Waals surface area contributed by atoms with E-state index in [1.807, 2.05) is 0 Å². The van der Waals surface area contributed by atoms with E-state index in [1.165, 1.54) is 6.07 Å². The average molecular weight is 280 g/mol. The lowest BCUT2D eigenvalue weighted by Gasteiger charge is -2.25. The Morgan fingerprint density at radius 1 is 1.53 bits per heavy atom. The van der Waals surface area contributed by atoms with Crippen LogP contribution >= 0.6 is 24.0 Å². The highest BCUT2D eigenvalue weighted by Crippen LogP contribution is 2.31. The second-order valence-corrected chi connectivity index (χ2v) is 4.09. The summed E-state index contributed by atoms with van der Waals surface area (Å²) in [7, 11) is 0. The van der Waals surface area contributed by atoms with Crippen molar-refractivity contribution in [3.63, 3.8) is 0 Å². The molecule has 94 valence electrons. The van der Waals surface area contributed by atoms with Crippen LogP contribution in [0.2, 0.25) is 5.02 Å². The van der Waals surface area contributed by atoms with E-state index in [-0.39, 0.29) is 19.0 Å². The number of halogens is 3. The number of benzene rings is 1. The molecule has 0 spiro atoms. The molecule has 1 N–H and O–H groups in total. The summed E-state index contributed by atoms with van der Waals surface area (Å²) in [5, 5.41) is 2.92. The van der Waals surface area contributed by atoms with Gasteiger partial charge in [-0.25, -0.2) is 9.18 Å². The van der Waals surface area contributed by atoms with E-state index >= 15 is 0 Å². The normalized spacial score (nSPS) is 19.0. The topological polar surface area (TPSA) is 38.3 Å². The van der Waals surface area contributed by atoms with E-state index in [9.17, 15) is 9.18 Å². The smallest absolute Gasteiger partial charge is 0.407 e. The third-order valence-electron chi connectivity index (χ3n) is 2.60. The molecule has 1 heterocycles. The van der Waals surface area contributed by atoms with Gasteiger partial charge in [0.2, 0.25) is 0 Å². The van der Waals surface area contributed by atoms with Gasteiger partial charge in [0, 0.05) is 12.0 Å². The van der Waals surface area contributed by atoms with Crippen LogP contribution in [0.15, 0.2) is 12.1 Å². The fourth-order valence-electron chi connectivity index (χ4n) is 1.74. The van der Waals surface area contributed by atoms with Gasteiger partial charge < -0.3 is 10.1 Å². The van der Waals surface area contributed by atoms with E-state index in [1.54, 1.807) is 13.0 Å². The first-order valence-corrected chi connectivity index (χ1v) is 5.35. The van der Waals surface area contributed by atoms with E-state index in [2.05, 4.69) is 5.32 Å². The second kappa shape index (κ2) is 5.56. The van der Waals surface area contributed by atoms with Crippen molar-refractivity contribution in [2.75, 3.05) is 6.61 Å². The van der Waals surface area contributed by atoms with E-state index in [4.69, 9.17) is 16.3 Å². The molecule has 0 saturated carbocycles. The molecular formula is C11H12Cl2FNO2. The van der Waals surface area contributed by atoms with Gasteiger partial charge in [-0.2, -0.15) is 0 Å². The van der Waals surface area contributed by atoms with Gasteiger partial charge in [-0.3, -0.25) is 0 Å². The van der Waals surface area contributed by atoms with Gasteiger partial charge in [0.05, 0.1) is 17.7 Å². The zero-order valence-corrected chi connectivity index (χ0v) is 10.7. The third kappa shape index (κ3) is 2.82. The van der Waals surface area contributed by atoms with Gasteiger partial charge in [0.25, 0.3) is 0 Å². The Labute approximate surface area is 110 Å². The monoisotopic (exact) mass is 279 g/mol. The van der Waals surface area contributed by atoms with Crippen LogP contribution in [-0.4, -0.2) is 12.7 Å². The van der Waals surface area contributed by atoms with Gasteiger partial charge in [-0.05, 0) is 18.6 Å². The summed E-state index contributed by atoms with van der Waals surface area (Å²) in [5.74, 6) is -0.400. The van der Waals surface area contributed by atoms with E-state index in [0.717, 1.165) is 5.56 Å². The number of cyclic esters (lactones) is 1. The van der Waals surface area contributed by atoms with Crippen LogP contribution in [0, 0.1) is 12.7 Å². The Morgan fingerprint density at radius 2 is 2.24 bits per heavy atom. The second-order valence-electron chi connectivity index (χ2n) is 3.71. The SMILES string of the molecule is Cc1ccc(F)c([C@H]2CCOC(=O)N2)c1Cl.Cl. The van der Waals surface area contributed by atoms with Crippen LogP contribution in [-0.2, 0) is 4.74 Å². The molecule has 1 atom stereocenters. The maximum atomic E-state index is 13.7. The minimum Gasteiger partial charge on any atom is -0.449 e. The maximum Gasteiger partial charge on any atom is 0.407 e. The molecule has 0 unspecified atom stereocenters. The highest BCUT2D eigenvalue weighted by atomic mass is 35.5. The van der Waals surface area contributed by atoms with E-state index in [0.29, 0.717) is 17.0 Å². The highest BCUT2D eigenvalue weighted by molar-refractivity contribution is 6.32. The minimum atomic E-state index is -0.534. The average Bonchev–Trinajstić information content (AvgIpc) is 2.24. The summed E-state index contributed by atoms with van der Waals surface area (Å²) >= 11 is 6.05. The third-order valence-corrected chi connectivity index (χ3v) is 3.10. The number of carbonyl (C=O) groups excluding carboxylic acids is 1. The molecule has 0 bridgehead atoms. The summed E-state index contributed by atoms with van der Waals surface area (Å²) in [6.45, 7) is 2.08. The summed E-state index contributed by atoms with van der Waals surface area (Å²) in [4.78, 5) is 11.1. The van der Waals surface area contributed by atoms with Crippen LogP contribution in [0.25, 0.3) is 0 Å². The fourth-order valence-corrected chi connectivity index (χ4v) is 2.02. The Morgan fingerprint density at radius 3 is 2.88 bits per heavy atom. The number of rotatable bonds is 1. The van der Waals surface area contributed by atoms with Crippen LogP contribution < -0.4 is 5.32 Å². The number of carbonyl (C=O) groups is 1. The molecule has 6 heteroatoms. The molecule has 17 heavy (non-hydrogen) atoms. The molecule has 3 nitrogen and oxygen atoms in total. The predicted molar refractivity (Wildman–Crippen MR) is 65.2 cm³/mol.